The van der Waals surface area contributed by atoms with Gasteiger partial charge in [-0.15, -0.1) is 0 Å². The lowest BCUT2D eigenvalue weighted by molar-refractivity contribution is 0.311. The lowest BCUT2D eigenvalue weighted by atomic mass is 9.78. The van der Waals surface area contributed by atoms with Gasteiger partial charge in [-0.05, 0) is 470 Å². The molecule has 6 aromatic rings. The molecule has 0 saturated heterocycles. The summed E-state index contributed by atoms with van der Waals surface area (Å²) in [6.07, 6.45) is 31.3. The number of hydrogen-bond acceptors (Lipinski definition) is 0. The van der Waals surface area contributed by atoms with Crippen molar-refractivity contribution in [3.05, 3.63) is 200 Å². The van der Waals surface area contributed by atoms with E-state index in [1.807, 2.05) is 66.8 Å². The van der Waals surface area contributed by atoms with Crippen molar-refractivity contribution < 1.29 is 0 Å². The molecule has 0 atom stereocenters. The molecule has 0 aliphatic heterocycles. The highest BCUT2D eigenvalue weighted by atomic mass is 14.6. The minimum Gasteiger partial charge on any atom is -0.0444 e. The standard InChI is InChI=1S/C78H84/c1-37-38(2)50-14-74-16-52-41(5)42(6)54-18-76(30-66(54)64(52)28-74)20-56-45(9)46(10)58-22-78(34-70(58)68(56)32-76)24-60-48(12)47(11)59-23-77(35-71(59)72(60)36-78)21-57-44(8)43(7)55-19-75(31-67(55)69(57)33-77)17-53-40(4)39(3)51-15-73(27-63(51)65(53)29-75)13-49(37)61(25-73)62(50)26-74/h13-36H2,1-12H3. The summed E-state index contributed by atoms with van der Waals surface area (Å²) in [5.41, 5.74) is 65.5. The molecule has 0 aromatic heterocycles. The molecule has 78 heavy (non-hydrogen) atoms. The van der Waals surface area contributed by atoms with Crippen molar-refractivity contribution >= 4 is 0 Å². The summed E-state index contributed by atoms with van der Waals surface area (Å²) in [7, 11) is 0. The van der Waals surface area contributed by atoms with Crippen LogP contribution < -0.4 is 0 Å². The van der Waals surface area contributed by atoms with Crippen molar-refractivity contribution in [1.29, 1.82) is 0 Å². The Morgan fingerprint density at radius 1 is 0.115 bits per heavy atom. The van der Waals surface area contributed by atoms with Crippen molar-refractivity contribution in [3.8, 4) is 0 Å². The first-order chi connectivity index (χ1) is 37.2. The maximum atomic E-state index is 2.55. The Morgan fingerprint density at radius 2 is 0.179 bits per heavy atom. The van der Waals surface area contributed by atoms with Crippen LogP contribution in [0.25, 0.3) is 0 Å². The molecular formula is C78H84. The summed E-state index contributed by atoms with van der Waals surface area (Å²) >= 11 is 0. The summed E-state index contributed by atoms with van der Waals surface area (Å²) in [6.45, 7) is 30.7. The zero-order valence-electron chi connectivity index (χ0n) is 50.0. The Morgan fingerprint density at radius 3 is 0.256 bits per heavy atom. The predicted octanol–water partition coefficient (Wildman–Crippen LogP) is 15.0. The first-order valence-electron chi connectivity index (χ1n) is 32.0. The SMILES string of the molecule is Cc1c(C)c2c3c4c1CC1(Cc5c(C)c(C)c6c(c5C1)CC1(C6)Cc5c(C)c(C)c6c(c5C1)CC1(C6)Cc5c(C)c(C)c6c(c5C1)CC1(Cc5c(C)c(C)c7c(c5C1)CC1(Cc5c(C)c(C)c8c(c5C1)CC(C2)(C8)C3)C7)C6)C4. The lowest BCUT2D eigenvalue weighted by Crippen LogP contribution is -2.24. The van der Waals surface area contributed by atoms with Crippen LogP contribution in [0.4, 0.5) is 0 Å². The first kappa shape index (κ1) is 46.0. The van der Waals surface area contributed by atoms with Crippen molar-refractivity contribution in [2.75, 3.05) is 0 Å². The third kappa shape index (κ3) is 5.24. The molecule has 0 radical (unpaired) electrons. The second-order valence-electron chi connectivity index (χ2n) is 32.2. The quantitative estimate of drug-likeness (QED) is 0.142. The van der Waals surface area contributed by atoms with Gasteiger partial charge in [0, 0.05) is 0 Å². The van der Waals surface area contributed by atoms with E-state index >= 15 is 0 Å². The van der Waals surface area contributed by atoms with E-state index in [0.29, 0.717) is 32.5 Å². The van der Waals surface area contributed by atoms with E-state index in [9.17, 15) is 0 Å². The molecule has 0 unspecified atom stereocenters. The molecule has 0 nitrogen and oxygen atoms in total. The van der Waals surface area contributed by atoms with Gasteiger partial charge < -0.3 is 0 Å². The molecule has 13 aliphatic carbocycles. The second kappa shape index (κ2) is 13.8. The van der Waals surface area contributed by atoms with Gasteiger partial charge in [0.05, 0.1) is 0 Å². The normalized spacial score (nSPS) is 30.9. The van der Waals surface area contributed by atoms with Crippen molar-refractivity contribution in [2.45, 2.75) is 237 Å². The minimum absolute atomic E-state index is 0.339. The Balaban J connectivity index is 0.761. The average Bonchev–Trinajstić information content (AvgIpc) is 4.41. The summed E-state index contributed by atoms with van der Waals surface area (Å²) in [5.74, 6) is 0. The molecule has 0 fully saturated rings. The maximum absolute atomic E-state index is 2.55. The fourth-order valence-electron chi connectivity index (χ4n) is 24.3. The van der Waals surface area contributed by atoms with E-state index in [0.717, 1.165) is 0 Å². The summed E-state index contributed by atoms with van der Waals surface area (Å²) in [4.78, 5) is 0. The van der Waals surface area contributed by atoms with Gasteiger partial charge in [-0.3, -0.25) is 0 Å². The van der Waals surface area contributed by atoms with Crippen LogP contribution in [0.2, 0.25) is 0 Å². The summed E-state index contributed by atoms with van der Waals surface area (Å²) in [5, 5.41) is 0. The Kier molecular flexibility index (Phi) is 8.13. The number of benzene rings is 6. The van der Waals surface area contributed by atoms with E-state index in [4.69, 9.17) is 0 Å². The number of rotatable bonds is 0. The molecule has 18 bridgehead atoms. The van der Waals surface area contributed by atoms with Crippen molar-refractivity contribution in [3.63, 3.8) is 0 Å². The van der Waals surface area contributed by atoms with Crippen LogP contribution in [-0.4, -0.2) is 0 Å². The molecule has 13 aliphatic rings. The summed E-state index contributed by atoms with van der Waals surface area (Å²) in [6, 6.07) is 0. The van der Waals surface area contributed by atoms with Crippen LogP contribution in [-0.2, 0) is 154 Å². The highest BCUT2D eigenvalue weighted by Gasteiger charge is 2.57. The third-order valence-corrected chi connectivity index (χ3v) is 28.6. The molecule has 0 amide bonds. The fourth-order valence-corrected chi connectivity index (χ4v) is 24.3. The van der Waals surface area contributed by atoms with Gasteiger partial charge >= 0.3 is 0 Å². The highest BCUT2D eigenvalue weighted by Crippen LogP contribution is 2.64. The monoisotopic (exact) mass is 1020 g/mol. The zero-order chi connectivity index (χ0) is 52.8. The molecule has 0 heteroatoms. The molecule has 19 rings (SSSR count). The summed E-state index contributed by atoms with van der Waals surface area (Å²) < 4.78 is 0. The molecule has 6 spiro atoms. The van der Waals surface area contributed by atoms with Crippen LogP contribution in [0, 0.1) is 116 Å². The third-order valence-electron chi connectivity index (χ3n) is 28.6. The van der Waals surface area contributed by atoms with Crippen molar-refractivity contribution in [1.82, 2.24) is 0 Å². The van der Waals surface area contributed by atoms with E-state index in [2.05, 4.69) is 83.1 Å². The van der Waals surface area contributed by atoms with Gasteiger partial charge in [0.2, 0.25) is 0 Å². The molecular weight excluding hydrogens is 937 g/mol. The maximum Gasteiger partial charge on any atom is -0.0135 e. The van der Waals surface area contributed by atoms with Gasteiger partial charge in [-0.2, -0.15) is 0 Å². The molecule has 0 heterocycles. The Labute approximate surface area is 467 Å². The average molecular weight is 1020 g/mol. The van der Waals surface area contributed by atoms with Gasteiger partial charge in [0.1, 0.15) is 0 Å². The molecule has 396 valence electrons. The smallest absolute Gasteiger partial charge is 0.0135 e. The van der Waals surface area contributed by atoms with Crippen LogP contribution >= 0.6 is 0 Å². The molecule has 0 saturated carbocycles. The van der Waals surface area contributed by atoms with Crippen LogP contribution in [0.5, 0.6) is 0 Å². The predicted molar refractivity (Wildman–Crippen MR) is 319 cm³/mol. The zero-order valence-corrected chi connectivity index (χ0v) is 50.0. The minimum atomic E-state index is 0.339. The topological polar surface area (TPSA) is 0 Å². The highest BCUT2D eigenvalue weighted by molar-refractivity contribution is 5.68. The van der Waals surface area contributed by atoms with Gasteiger partial charge in [0.15, 0.2) is 0 Å². The van der Waals surface area contributed by atoms with Crippen LogP contribution in [0.1, 0.15) is 200 Å². The Hall–Kier alpha value is -4.68. The van der Waals surface area contributed by atoms with Crippen molar-refractivity contribution in [2.24, 2.45) is 32.5 Å². The largest absolute Gasteiger partial charge is 0.0444 e. The molecule has 0 N–H and O–H groups in total. The second-order valence-corrected chi connectivity index (χ2v) is 32.2. The Bertz CT molecular complexity index is 3130. The number of hydrogen-bond donors (Lipinski definition) is 0. The van der Waals surface area contributed by atoms with Gasteiger partial charge in [-0.25, -0.2) is 0 Å². The lowest BCUT2D eigenvalue weighted by Gasteiger charge is -2.25. The van der Waals surface area contributed by atoms with Crippen LogP contribution in [0.3, 0.4) is 0 Å². The first-order valence-corrected chi connectivity index (χ1v) is 32.0. The van der Waals surface area contributed by atoms with Crippen LogP contribution in [0.15, 0.2) is 0 Å². The van der Waals surface area contributed by atoms with E-state index in [-0.39, 0.29) is 0 Å². The fraction of sp³-hybridized carbons (Fsp3) is 0.538. The van der Waals surface area contributed by atoms with Gasteiger partial charge in [-0.1, -0.05) is 0 Å². The van der Waals surface area contributed by atoms with Gasteiger partial charge in [0.25, 0.3) is 0 Å². The van der Waals surface area contributed by atoms with E-state index in [1.165, 1.54) is 154 Å². The molecule has 6 aromatic carbocycles. The van der Waals surface area contributed by atoms with E-state index in [1.54, 1.807) is 134 Å². The van der Waals surface area contributed by atoms with E-state index < -0.39 is 0 Å².